The Bertz CT molecular complexity index is 285. The molecule has 19 heavy (non-hydrogen) atoms. The summed E-state index contributed by atoms with van der Waals surface area (Å²) in [6.45, 7) is 6.69. The van der Waals surface area contributed by atoms with Crippen molar-refractivity contribution in [2.45, 2.75) is 58.7 Å². The Morgan fingerprint density at radius 1 is 1.26 bits per heavy atom. The molecule has 0 aliphatic rings. The van der Waals surface area contributed by atoms with Crippen LogP contribution in [0.2, 0.25) is 0 Å². The molecule has 0 bridgehead atoms. The summed E-state index contributed by atoms with van der Waals surface area (Å²) < 4.78 is 41.2. The molecule has 114 valence electrons. The molecular weight excluding hydrogens is 261 g/mol. The average Bonchev–Trinajstić information content (AvgIpc) is 2.13. The lowest BCUT2D eigenvalue weighted by atomic mass is 9.78. The van der Waals surface area contributed by atoms with E-state index in [1.807, 2.05) is 0 Å². The largest absolute Gasteiger partial charge is 0.466 e. The first kappa shape index (κ1) is 18.2. The van der Waals surface area contributed by atoms with Gasteiger partial charge in [0.1, 0.15) is 0 Å². The number of hydrogen-bond acceptors (Lipinski definition) is 3. The number of esters is 1. The SMILES string of the molecule is CCOC(=O)C(C(C)C)C(C)(O)CCCC(F)(F)F. The van der Waals surface area contributed by atoms with Crippen molar-refractivity contribution in [3.8, 4) is 0 Å². The van der Waals surface area contributed by atoms with Gasteiger partial charge in [-0.2, -0.15) is 13.2 Å². The van der Waals surface area contributed by atoms with Gasteiger partial charge < -0.3 is 9.84 Å². The van der Waals surface area contributed by atoms with Gasteiger partial charge in [-0.1, -0.05) is 13.8 Å². The summed E-state index contributed by atoms with van der Waals surface area (Å²) in [4.78, 5) is 11.8. The summed E-state index contributed by atoms with van der Waals surface area (Å²) in [5, 5.41) is 10.3. The first-order valence-corrected chi connectivity index (χ1v) is 6.47. The highest BCUT2D eigenvalue weighted by Gasteiger charge is 2.41. The third kappa shape index (κ3) is 6.80. The molecule has 0 aromatic rings. The molecule has 0 aliphatic heterocycles. The number of ether oxygens (including phenoxy) is 1. The molecule has 0 amide bonds. The van der Waals surface area contributed by atoms with Crippen molar-refractivity contribution in [2.24, 2.45) is 11.8 Å². The first-order chi connectivity index (χ1) is 8.51. The first-order valence-electron chi connectivity index (χ1n) is 6.47. The second kappa shape index (κ2) is 7.12. The molecule has 0 saturated carbocycles. The van der Waals surface area contributed by atoms with Gasteiger partial charge in [0.05, 0.1) is 18.1 Å². The van der Waals surface area contributed by atoms with E-state index >= 15 is 0 Å². The third-order valence-corrected chi connectivity index (χ3v) is 3.02. The predicted octanol–water partition coefficient (Wildman–Crippen LogP) is 3.31. The van der Waals surface area contributed by atoms with E-state index in [0.717, 1.165) is 0 Å². The standard InChI is InChI=1S/C13H23F3O3/c1-5-19-11(17)10(9(2)3)12(4,18)7-6-8-13(14,15)16/h9-10,18H,5-8H2,1-4H3. The number of alkyl halides is 3. The summed E-state index contributed by atoms with van der Waals surface area (Å²) in [5.74, 6) is -1.59. The Balaban J connectivity index is 4.66. The molecule has 0 spiro atoms. The molecule has 6 heteroatoms. The van der Waals surface area contributed by atoms with Gasteiger partial charge in [-0.05, 0) is 32.6 Å². The van der Waals surface area contributed by atoms with Crippen LogP contribution in [0.5, 0.6) is 0 Å². The molecule has 0 aromatic carbocycles. The Kier molecular flexibility index (Phi) is 6.83. The molecule has 2 atom stereocenters. The van der Waals surface area contributed by atoms with Crippen LogP contribution in [0.15, 0.2) is 0 Å². The lowest BCUT2D eigenvalue weighted by Gasteiger charge is -2.34. The van der Waals surface area contributed by atoms with Crippen LogP contribution in [-0.2, 0) is 9.53 Å². The van der Waals surface area contributed by atoms with Crippen LogP contribution in [0.1, 0.15) is 47.0 Å². The molecule has 0 aromatic heterocycles. The molecule has 2 unspecified atom stereocenters. The second-order valence-electron chi connectivity index (χ2n) is 5.30. The van der Waals surface area contributed by atoms with Crippen molar-refractivity contribution < 1.29 is 27.8 Å². The van der Waals surface area contributed by atoms with Crippen LogP contribution in [0.4, 0.5) is 13.2 Å². The van der Waals surface area contributed by atoms with Gasteiger partial charge in [0.25, 0.3) is 0 Å². The monoisotopic (exact) mass is 284 g/mol. The van der Waals surface area contributed by atoms with Crippen LogP contribution < -0.4 is 0 Å². The molecule has 0 aliphatic carbocycles. The summed E-state index contributed by atoms with van der Waals surface area (Å²) in [6, 6.07) is 0. The average molecular weight is 284 g/mol. The second-order valence-corrected chi connectivity index (χ2v) is 5.30. The van der Waals surface area contributed by atoms with Crippen molar-refractivity contribution >= 4 is 5.97 Å². The molecule has 0 heterocycles. The molecule has 3 nitrogen and oxygen atoms in total. The van der Waals surface area contributed by atoms with Gasteiger partial charge in [-0.15, -0.1) is 0 Å². The van der Waals surface area contributed by atoms with E-state index in [-0.39, 0.29) is 25.4 Å². The van der Waals surface area contributed by atoms with Crippen LogP contribution in [0, 0.1) is 11.8 Å². The third-order valence-electron chi connectivity index (χ3n) is 3.02. The van der Waals surface area contributed by atoms with Gasteiger partial charge in [0.15, 0.2) is 0 Å². The van der Waals surface area contributed by atoms with Crippen molar-refractivity contribution in [3.05, 3.63) is 0 Å². The fourth-order valence-corrected chi connectivity index (χ4v) is 2.28. The molecule has 1 N–H and O–H groups in total. The Morgan fingerprint density at radius 3 is 2.16 bits per heavy atom. The minimum atomic E-state index is -4.24. The maximum absolute atomic E-state index is 12.1. The van der Waals surface area contributed by atoms with Crippen LogP contribution >= 0.6 is 0 Å². The molecular formula is C13H23F3O3. The summed E-state index contributed by atoms with van der Waals surface area (Å²) in [7, 11) is 0. The molecule has 0 radical (unpaired) electrons. The minimum Gasteiger partial charge on any atom is -0.466 e. The Hall–Kier alpha value is -0.780. The maximum Gasteiger partial charge on any atom is 0.389 e. The maximum atomic E-state index is 12.1. The van der Waals surface area contributed by atoms with E-state index in [9.17, 15) is 23.1 Å². The van der Waals surface area contributed by atoms with Gasteiger partial charge in [-0.3, -0.25) is 4.79 Å². The van der Waals surface area contributed by atoms with Crippen LogP contribution in [-0.4, -0.2) is 29.5 Å². The smallest absolute Gasteiger partial charge is 0.389 e. The highest BCUT2D eigenvalue weighted by molar-refractivity contribution is 5.74. The Labute approximate surface area is 112 Å². The van der Waals surface area contributed by atoms with Crippen molar-refractivity contribution in [2.75, 3.05) is 6.61 Å². The van der Waals surface area contributed by atoms with Crippen molar-refractivity contribution in [1.29, 1.82) is 0 Å². The number of hydrogen-bond donors (Lipinski definition) is 1. The van der Waals surface area contributed by atoms with Crippen LogP contribution in [0.25, 0.3) is 0 Å². The number of carbonyl (C=O) groups is 1. The molecule has 0 fully saturated rings. The van der Waals surface area contributed by atoms with E-state index in [4.69, 9.17) is 4.74 Å². The number of halogens is 3. The molecule has 0 saturated heterocycles. The Morgan fingerprint density at radius 2 is 1.79 bits per heavy atom. The van der Waals surface area contributed by atoms with E-state index in [1.165, 1.54) is 6.92 Å². The van der Waals surface area contributed by atoms with Crippen LogP contribution in [0.3, 0.4) is 0 Å². The zero-order valence-corrected chi connectivity index (χ0v) is 11.9. The van der Waals surface area contributed by atoms with Crippen molar-refractivity contribution in [1.82, 2.24) is 0 Å². The number of aliphatic hydroxyl groups is 1. The zero-order valence-electron chi connectivity index (χ0n) is 11.9. The summed E-state index contributed by atoms with van der Waals surface area (Å²) >= 11 is 0. The van der Waals surface area contributed by atoms with E-state index in [2.05, 4.69) is 0 Å². The van der Waals surface area contributed by atoms with Gasteiger partial charge in [0, 0.05) is 6.42 Å². The van der Waals surface area contributed by atoms with E-state index < -0.39 is 30.1 Å². The van der Waals surface area contributed by atoms with E-state index in [1.54, 1.807) is 20.8 Å². The topological polar surface area (TPSA) is 46.5 Å². The quantitative estimate of drug-likeness (QED) is 0.730. The molecule has 0 rings (SSSR count). The van der Waals surface area contributed by atoms with Gasteiger partial charge in [0.2, 0.25) is 0 Å². The highest BCUT2D eigenvalue weighted by Crippen LogP contribution is 2.32. The number of carbonyl (C=O) groups excluding carboxylic acids is 1. The highest BCUT2D eigenvalue weighted by atomic mass is 19.4. The lowest BCUT2D eigenvalue weighted by Crippen LogP contribution is -2.43. The lowest BCUT2D eigenvalue weighted by molar-refractivity contribution is -0.162. The zero-order chi connectivity index (χ0) is 15.3. The predicted molar refractivity (Wildman–Crippen MR) is 65.5 cm³/mol. The van der Waals surface area contributed by atoms with Crippen molar-refractivity contribution in [3.63, 3.8) is 0 Å². The summed E-state index contributed by atoms with van der Waals surface area (Å²) in [6.07, 6.45) is -5.50. The fourth-order valence-electron chi connectivity index (χ4n) is 2.28. The number of rotatable bonds is 7. The van der Waals surface area contributed by atoms with E-state index in [0.29, 0.717) is 0 Å². The normalized spacial score (nSPS) is 17.1. The summed E-state index contributed by atoms with van der Waals surface area (Å²) in [5.41, 5.74) is -1.49. The van der Waals surface area contributed by atoms with Gasteiger partial charge >= 0.3 is 12.1 Å². The van der Waals surface area contributed by atoms with Gasteiger partial charge in [-0.25, -0.2) is 0 Å². The minimum absolute atomic E-state index is 0.0891. The fraction of sp³-hybridized carbons (Fsp3) is 0.923.